The lowest BCUT2D eigenvalue weighted by Gasteiger charge is -2.17. The molecule has 0 aliphatic carbocycles. The second-order valence-electron chi connectivity index (χ2n) is 3.94. The first-order chi connectivity index (χ1) is 8.17. The molecule has 94 valence electrons. The maximum atomic E-state index is 11.1. The quantitative estimate of drug-likeness (QED) is 0.709. The number of nitrogens with one attached hydrogen (secondary N) is 1. The van der Waals surface area contributed by atoms with Crippen LogP contribution in [0, 0.1) is 0 Å². The molecule has 4 nitrogen and oxygen atoms in total. The Kier molecular flexibility index (Phi) is 5.66. The van der Waals surface area contributed by atoms with Crippen molar-refractivity contribution in [2.45, 2.75) is 19.4 Å². The highest BCUT2D eigenvalue weighted by atomic mass is 16.5. The summed E-state index contributed by atoms with van der Waals surface area (Å²) in [6.45, 7) is 2.19. The zero-order valence-electron chi connectivity index (χ0n) is 10.3. The zero-order valence-corrected chi connectivity index (χ0v) is 10.3. The lowest BCUT2D eigenvalue weighted by molar-refractivity contribution is 0.101. The highest BCUT2D eigenvalue weighted by Gasteiger charge is 2.07. The lowest BCUT2D eigenvalue weighted by atomic mass is 10.1. The molecule has 1 aromatic carbocycles. The van der Waals surface area contributed by atoms with E-state index in [4.69, 9.17) is 4.74 Å². The first-order valence-electron chi connectivity index (χ1n) is 5.64. The monoisotopic (exact) mass is 237 g/mol. The van der Waals surface area contributed by atoms with Crippen LogP contribution >= 0.6 is 0 Å². The molecule has 0 aliphatic heterocycles. The van der Waals surface area contributed by atoms with Crippen LogP contribution < -0.4 is 5.32 Å². The maximum absolute atomic E-state index is 11.1. The largest absolute Gasteiger partial charge is 0.394 e. The fraction of sp³-hybridized carbons (Fsp3) is 0.462. The van der Waals surface area contributed by atoms with E-state index in [-0.39, 0.29) is 18.4 Å². The van der Waals surface area contributed by atoms with Crippen LogP contribution in [0.5, 0.6) is 0 Å². The van der Waals surface area contributed by atoms with Gasteiger partial charge in [0.1, 0.15) is 0 Å². The van der Waals surface area contributed by atoms with Crippen LogP contribution in [0.15, 0.2) is 24.3 Å². The molecule has 0 amide bonds. The summed E-state index contributed by atoms with van der Waals surface area (Å²) in [5.41, 5.74) is 1.58. The molecule has 2 N–H and O–H groups in total. The van der Waals surface area contributed by atoms with Gasteiger partial charge in [0.15, 0.2) is 5.78 Å². The topological polar surface area (TPSA) is 58.6 Å². The number of hydrogen-bond donors (Lipinski definition) is 2. The van der Waals surface area contributed by atoms with Crippen LogP contribution in [0.3, 0.4) is 0 Å². The average Bonchev–Trinajstić information content (AvgIpc) is 2.35. The van der Waals surface area contributed by atoms with E-state index < -0.39 is 0 Å². The molecule has 0 spiro atoms. The fourth-order valence-corrected chi connectivity index (χ4v) is 1.51. The van der Waals surface area contributed by atoms with Gasteiger partial charge in [0.2, 0.25) is 0 Å². The number of carbonyl (C=O) groups is 1. The standard InChI is InChI=1S/C13H19NO3/c1-10(16)11-3-5-12(6-4-11)14-13(9-15)7-8-17-2/h3-6,13-15H,7-9H2,1-2H3. The molecule has 0 fully saturated rings. The van der Waals surface area contributed by atoms with Crippen LogP contribution in [0.25, 0.3) is 0 Å². The van der Waals surface area contributed by atoms with Gasteiger partial charge in [-0.15, -0.1) is 0 Å². The van der Waals surface area contributed by atoms with Gasteiger partial charge in [-0.1, -0.05) is 0 Å². The third kappa shape index (κ3) is 4.54. The molecule has 4 heteroatoms. The lowest BCUT2D eigenvalue weighted by Crippen LogP contribution is -2.25. The van der Waals surface area contributed by atoms with Crippen molar-refractivity contribution >= 4 is 11.5 Å². The van der Waals surface area contributed by atoms with E-state index in [1.807, 2.05) is 12.1 Å². The Labute approximate surface area is 102 Å². The predicted octanol–water partition coefficient (Wildman–Crippen LogP) is 1.70. The third-order valence-corrected chi connectivity index (χ3v) is 2.55. The SMILES string of the molecule is COCCC(CO)Nc1ccc(C(C)=O)cc1. The molecule has 0 saturated carbocycles. The molecule has 1 atom stereocenters. The number of anilines is 1. The normalized spacial score (nSPS) is 12.2. The van der Waals surface area contributed by atoms with Crippen LogP contribution in [0.2, 0.25) is 0 Å². The Morgan fingerprint density at radius 2 is 2.06 bits per heavy atom. The molecule has 1 aromatic rings. The van der Waals surface area contributed by atoms with Crippen LogP contribution in [-0.2, 0) is 4.74 Å². The highest BCUT2D eigenvalue weighted by Crippen LogP contribution is 2.12. The Morgan fingerprint density at radius 1 is 1.41 bits per heavy atom. The van der Waals surface area contributed by atoms with Gasteiger partial charge in [0.05, 0.1) is 12.6 Å². The molecule has 1 rings (SSSR count). The van der Waals surface area contributed by atoms with Gasteiger partial charge >= 0.3 is 0 Å². The molecule has 0 heterocycles. The second-order valence-corrected chi connectivity index (χ2v) is 3.94. The summed E-state index contributed by atoms with van der Waals surface area (Å²) in [7, 11) is 1.64. The number of carbonyl (C=O) groups excluding carboxylic acids is 1. The second kappa shape index (κ2) is 7.04. The minimum atomic E-state index is -0.0295. The number of ketones is 1. The highest BCUT2D eigenvalue weighted by molar-refractivity contribution is 5.94. The molecule has 17 heavy (non-hydrogen) atoms. The number of Topliss-reactive ketones (excluding diaryl/α,β-unsaturated/α-hetero) is 1. The minimum absolute atomic E-state index is 0.0295. The Bertz CT molecular complexity index is 348. The van der Waals surface area contributed by atoms with E-state index in [2.05, 4.69) is 5.32 Å². The maximum Gasteiger partial charge on any atom is 0.159 e. The van der Waals surface area contributed by atoms with Gasteiger partial charge in [0.25, 0.3) is 0 Å². The van der Waals surface area contributed by atoms with Gasteiger partial charge in [-0.2, -0.15) is 0 Å². The van der Waals surface area contributed by atoms with Crippen molar-refractivity contribution in [3.63, 3.8) is 0 Å². The summed E-state index contributed by atoms with van der Waals surface area (Å²) < 4.78 is 4.97. The molecule has 0 aliphatic rings. The van der Waals surface area contributed by atoms with Gasteiger partial charge in [-0.25, -0.2) is 0 Å². The molecular weight excluding hydrogens is 218 g/mol. The summed E-state index contributed by atoms with van der Waals surface area (Å²) in [6.07, 6.45) is 0.738. The molecule has 0 radical (unpaired) electrons. The first kappa shape index (κ1) is 13.7. The zero-order chi connectivity index (χ0) is 12.7. The summed E-state index contributed by atoms with van der Waals surface area (Å²) in [4.78, 5) is 11.1. The van der Waals surface area contributed by atoms with E-state index in [9.17, 15) is 9.90 Å². The van der Waals surface area contributed by atoms with E-state index >= 15 is 0 Å². The number of aliphatic hydroxyl groups is 1. The summed E-state index contributed by atoms with van der Waals surface area (Å²) in [5.74, 6) is 0.0506. The molecule has 0 saturated heterocycles. The molecule has 0 bridgehead atoms. The summed E-state index contributed by atoms with van der Waals surface area (Å²) >= 11 is 0. The summed E-state index contributed by atoms with van der Waals surface area (Å²) in [5, 5.41) is 12.4. The van der Waals surface area contributed by atoms with Gasteiger partial charge in [-0.05, 0) is 37.6 Å². The third-order valence-electron chi connectivity index (χ3n) is 2.55. The van der Waals surface area contributed by atoms with E-state index in [0.717, 1.165) is 12.1 Å². The number of benzene rings is 1. The summed E-state index contributed by atoms with van der Waals surface area (Å²) in [6, 6.07) is 7.20. The van der Waals surface area contributed by atoms with E-state index in [1.54, 1.807) is 19.2 Å². The smallest absolute Gasteiger partial charge is 0.159 e. The van der Waals surface area contributed by atoms with Gasteiger partial charge in [-0.3, -0.25) is 4.79 Å². The predicted molar refractivity (Wildman–Crippen MR) is 67.4 cm³/mol. The Morgan fingerprint density at radius 3 is 2.53 bits per heavy atom. The fourth-order valence-electron chi connectivity index (χ4n) is 1.51. The average molecular weight is 237 g/mol. The minimum Gasteiger partial charge on any atom is -0.394 e. The number of methoxy groups -OCH3 is 1. The van der Waals surface area contributed by atoms with Crippen molar-refractivity contribution in [1.29, 1.82) is 0 Å². The Hall–Kier alpha value is -1.39. The van der Waals surface area contributed by atoms with E-state index in [1.165, 1.54) is 6.92 Å². The van der Waals surface area contributed by atoms with Crippen molar-refractivity contribution < 1.29 is 14.6 Å². The van der Waals surface area contributed by atoms with Crippen LogP contribution in [0.1, 0.15) is 23.7 Å². The number of hydrogen-bond acceptors (Lipinski definition) is 4. The molecular formula is C13H19NO3. The first-order valence-corrected chi connectivity index (χ1v) is 5.64. The van der Waals surface area contributed by atoms with Gasteiger partial charge < -0.3 is 15.2 Å². The van der Waals surface area contributed by atoms with Gasteiger partial charge in [0, 0.05) is 25.0 Å². The van der Waals surface area contributed by atoms with Crippen LogP contribution in [0.4, 0.5) is 5.69 Å². The van der Waals surface area contributed by atoms with Crippen molar-refractivity contribution in [2.24, 2.45) is 0 Å². The van der Waals surface area contributed by atoms with Crippen molar-refractivity contribution in [2.75, 3.05) is 25.6 Å². The van der Waals surface area contributed by atoms with Crippen molar-refractivity contribution in [3.8, 4) is 0 Å². The molecule has 0 aromatic heterocycles. The van der Waals surface area contributed by atoms with Crippen molar-refractivity contribution in [1.82, 2.24) is 0 Å². The van der Waals surface area contributed by atoms with Crippen LogP contribution in [-0.4, -0.2) is 37.3 Å². The number of ether oxygens (including phenoxy) is 1. The van der Waals surface area contributed by atoms with E-state index in [0.29, 0.717) is 12.2 Å². The number of aliphatic hydroxyl groups excluding tert-OH is 1. The Balaban J connectivity index is 2.57. The van der Waals surface area contributed by atoms with Crippen molar-refractivity contribution in [3.05, 3.63) is 29.8 Å². The molecule has 1 unspecified atom stereocenters. The number of rotatable bonds is 7.